The van der Waals surface area contributed by atoms with Gasteiger partial charge in [-0.3, -0.25) is 10.1 Å². The van der Waals surface area contributed by atoms with E-state index in [0.717, 1.165) is 22.5 Å². The smallest absolute Gasteiger partial charge is 0.326 e. The van der Waals surface area contributed by atoms with E-state index in [2.05, 4.69) is 35.9 Å². The van der Waals surface area contributed by atoms with Gasteiger partial charge in [0.2, 0.25) is 5.95 Å². The summed E-state index contributed by atoms with van der Waals surface area (Å²) in [7, 11) is 0. The molecule has 0 atom stereocenters. The average Bonchev–Trinajstić information content (AvgIpc) is 3.30. The maximum Gasteiger partial charge on any atom is 0.326 e. The lowest BCUT2D eigenvalue weighted by Gasteiger charge is -2.09. The number of nitrogens with one attached hydrogen (secondary N) is 5. The second kappa shape index (κ2) is 9.71. The number of aryl methyl sites for hydroxylation is 1. The molecule has 0 unspecified atom stereocenters. The van der Waals surface area contributed by atoms with E-state index in [0.29, 0.717) is 24.3 Å². The van der Waals surface area contributed by atoms with Gasteiger partial charge in [0, 0.05) is 30.8 Å². The van der Waals surface area contributed by atoms with Crippen LogP contribution in [0.4, 0.5) is 16.4 Å². The predicted octanol–water partition coefficient (Wildman–Crippen LogP) is 3.40. The summed E-state index contributed by atoms with van der Waals surface area (Å²) < 4.78 is 0. The molecule has 2 amide bonds. The molecule has 9 nitrogen and oxygen atoms in total. The van der Waals surface area contributed by atoms with Gasteiger partial charge in [0.05, 0.1) is 12.1 Å². The van der Waals surface area contributed by atoms with Crippen molar-refractivity contribution in [3.63, 3.8) is 0 Å². The Morgan fingerprint density at radius 3 is 2.53 bits per heavy atom. The second-order valence-corrected chi connectivity index (χ2v) is 7.20. The van der Waals surface area contributed by atoms with Crippen molar-refractivity contribution in [1.82, 2.24) is 25.3 Å². The number of aromatic amines is 2. The summed E-state index contributed by atoms with van der Waals surface area (Å²) in [5.74, 6) is 0.948. The molecule has 0 saturated carbocycles. The first kappa shape index (κ1) is 21.0. The number of rotatable bonds is 7. The Labute approximate surface area is 184 Å². The number of benzene rings is 2. The molecule has 5 N–H and O–H groups in total. The molecule has 162 valence electrons. The van der Waals surface area contributed by atoms with Gasteiger partial charge in [0.1, 0.15) is 5.82 Å². The number of nitrogens with zero attached hydrogens (tertiary/aromatic N) is 2. The molecular formula is C23H23N7O2. The number of hydrogen-bond donors (Lipinski definition) is 5. The molecule has 0 spiro atoms. The fraction of sp³-hybridized carbons (Fsp3) is 0.130. The van der Waals surface area contributed by atoms with Crippen molar-refractivity contribution < 1.29 is 4.79 Å². The Kier molecular flexibility index (Phi) is 6.38. The molecule has 0 saturated heterocycles. The lowest BCUT2D eigenvalue weighted by Crippen LogP contribution is -2.23. The maximum atomic E-state index is 12.5. The molecule has 0 radical (unpaired) electrons. The first-order valence-electron chi connectivity index (χ1n) is 10.1. The van der Waals surface area contributed by atoms with Gasteiger partial charge in [0.15, 0.2) is 0 Å². The monoisotopic (exact) mass is 429 g/mol. The number of aromatic nitrogens is 4. The summed E-state index contributed by atoms with van der Waals surface area (Å²) in [5.41, 5.74) is 3.42. The highest BCUT2D eigenvalue weighted by Gasteiger charge is 2.09. The first-order valence-corrected chi connectivity index (χ1v) is 10.1. The van der Waals surface area contributed by atoms with Crippen LogP contribution < -0.4 is 21.5 Å². The van der Waals surface area contributed by atoms with Crippen molar-refractivity contribution >= 4 is 17.7 Å². The Hall–Kier alpha value is -4.24. The summed E-state index contributed by atoms with van der Waals surface area (Å²) in [6, 6.07) is 14.6. The summed E-state index contributed by atoms with van der Waals surface area (Å²) in [5, 5.41) is 8.58. The molecule has 4 rings (SSSR count). The Bertz CT molecular complexity index is 1250. The minimum Gasteiger partial charge on any atom is -0.348 e. The van der Waals surface area contributed by atoms with Crippen molar-refractivity contribution in [3.8, 4) is 11.1 Å². The molecule has 0 fully saturated rings. The van der Waals surface area contributed by atoms with Gasteiger partial charge in [-0.1, -0.05) is 42.5 Å². The number of para-hydroxylation sites is 1. The molecule has 0 aliphatic heterocycles. The standard InChI is InChI=1S/C23H23N7O2/c1-15-4-2-3-5-19(15)28-23(32)30-22-27-13-18(21(31)29-22)17-8-6-16(7-9-17)12-24-14-20-25-10-11-26-20/h2-11,13,24H,12,14H2,1H3,(H,25,26)(H3,27,28,29,30,31,32). The number of imidazole rings is 1. The number of H-pyrrole nitrogens is 2. The molecule has 32 heavy (non-hydrogen) atoms. The zero-order valence-electron chi connectivity index (χ0n) is 17.5. The summed E-state index contributed by atoms with van der Waals surface area (Å²) in [6.07, 6.45) is 5.05. The van der Waals surface area contributed by atoms with E-state index in [9.17, 15) is 9.59 Å². The third-order valence-corrected chi connectivity index (χ3v) is 4.86. The predicted molar refractivity (Wildman–Crippen MR) is 123 cm³/mol. The SMILES string of the molecule is Cc1ccccc1NC(=O)Nc1nc(=O)c(-c2ccc(CNCc3ncc[nH]3)cc2)c[nH]1. The topological polar surface area (TPSA) is 128 Å². The second-order valence-electron chi connectivity index (χ2n) is 7.20. The van der Waals surface area contributed by atoms with E-state index in [1.54, 1.807) is 24.7 Å². The molecule has 2 aromatic carbocycles. The number of carbonyl (C=O) groups is 1. The van der Waals surface area contributed by atoms with Crippen LogP contribution in [0.15, 0.2) is 71.9 Å². The molecule has 0 aliphatic rings. The zero-order valence-corrected chi connectivity index (χ0v) is 17.5. The Balaban J connectivity index is 1.36. The minimum atomic E-state index is -0.485. The Morgan fingerprint density at radius 1 is 1.00 bits per heavy atom. The average molecular weight is 429 g/mol. The van der Waals surface area contributed by atoms with Gasteiger partial charge in [-0.2, -0.15) is 4.98 Å². The molecule has 4 aromatic rings. The lowest BCUT2D eigenvalue weighted by molar-refractivity contribution is 0.262. The van der Waals surface area contributed by atoms with Crippen LogP contribution in [0.25, 0.3) is 11.1 Å². The normalized spacial score (nSPS) is 10.7. The van der Waals surface area contributed by atoms with Crippen molar-refractivity contribution in [3.05, 3.63) is 94.4 Å². The van der Waals surface area contributed by atoms with Gasteiger partial charge in [-0.05, 0) is 29.7 Å². The molecule has 2 aromatic heterocycles. The van der Waals surface area contributed by atoms with Crippen LogP contribution in [0.3, 0.4) is 0 Å². The molecule has 9 heteroatoms. The van der Waals surface area contributed by atoms with Gasteiger partial charge in [0.25, 0.3) is 5.56 Å². The zero-order chi connectivity index (χ0) is 22.3. The fourth-order valence-corrected chi connectivity index (χ4v) is 3.16. The number of hydrogen-bond acceptors (Lipinski definition) is 5. The van der Waals surface area contributed by atoms with Crippen LogP contribution in [-0.4, -0.2) is 26.0 Å². The van der Waals surface area contributed by atoms with Crippen molar-refractivity contribution in [2.45, 2.75) is 20.0 Å². The van der Waals surface area contributed by atoms with E-state index in [-0.39, 0.29) is 5.95 Å². The maximum absolute atomic E-state index is 12.5. The highest BCUT2D eigenvalue weighted by atomic mass is 16.2. The molecule has 2 heterocycles. The first-order chi connectivity index (χ1) is 15.6. The fourth-order valence-electron chi connectivity index (χ4n) is 3.16. The van der Waals surface area contributed by atoms with Crippen LogP contribution in [-0.2, 0) is 13.1 Å². The van der Waals surface area contributed by atoms with Crippen LogP contribution in [0.2, 0.25) is 0 Å². The van der Waals surface area contributed by atoms with Gasteiger partial charge in [-0.25, -0.2) is 9.78 Å². The minimum absolute atomic E-state index is 0.0728. The van der Waals surface area contributed by atoms with Crippen LogP contribution >= 0.6 is 0 Å². The summed E-state index contributed by atoms with van der Waals surface area (Å²) >= 11 is 0. The highest BCUT2D eigenvalue weighted by molar-refractivity contribution is 5.99. The van der Waals surface area contributed by atoms with Crippen molar-refractivity contribution in [1.29, 1.82) is 0 Å². The van der Waals surface area contributed by atoms with E-state index >= 15 is 0 Å². The quantitative estimate of drug-likeness (QED) is 0.308. The van der Waals surface area contributed by atoms with Crippen LogP contribution in [0.1, 0.15) is 17.0 Å². The molecular weight excluding hydrogens is 406 g/mol. The molecule has 0 bridgehead atoms. The number of anilines is 2. The van der Waals surface area contributed by atoms with E-state index in [1.165, 1.54) is 0 Å². The van der Waals surface area contributed by atoms with Crippen molar-refractivity contribution in [2.75, 3.05) is 10.6 Å². The third-order valence-electron chi connectivity index (χ3n) is 4.86. The number of carbonyl (C=O) groups excluding carboxylic acids is 1. The van der Waals surface area contributed by atoms with E-state index in [4.69, 9.17) is 0 Å². The van der Waals surface area contributed by atoms with Crippen LogP contribution in [0.5, 0.6) is 0 Å². The van der Waals surface area contributed by atoms with Gasteiger partial charge >= 0.3 is 6.03 Å². The molecule has 0 aliphatic carbocycles. The van der Waals surface area contributed by atoms with Crippen molar-refractivity contribution in [2.24, 2.45) is 0 Å². The highest BCUT2D eigenvalue weighted by Crippen LogP contribution is 2.16. The summed E-state index contributed by atoms with van der Waals surface area (Å²) in [6.45, 7) is 3.21. The third kappa shape index (κ3) is 5.27. The van der Waals surface area contributed by atoms with E-state index in [1.807, 2.05) is 49.4 Å². The lowest BCUT2D eigenvalue weighted by atomic mass is 10.1. The number of urea groups is 1. The van der Waals surface area contributed by atoms with Gasteiger partial charge < -0.3 is 20.6 Å². The largest absolute Gasteiger partial charge is 0.348 e. The van der Waals surface area contributed by atoms with Gasteiger partial charge in [-0.15, -0.1) is 0 Å². The summed E-state index contributed by atoms with van der Waals surface area (Å²) in [4.78, 5) is 38.7. The van der Waals surface area contributed by atoms with E-state index < -0.39 is 11.6 Å². The van der Waals surface area contributed by atoms with Crippen LogP contribution in [0, 0.1) is 6.92 Å². The Morgan fingerprint density at radius 2 is 1.81 bits per heavy atom. The number of amides is 2.